The van der Waals surface area contributed by atoms with Crippen LogP contribution >= 0.6 is 24.0 Å². The third-order valence-electron chi connectivity index (χ3n) is 4.42. The first-order chi connectivity index (χ1) is 11.0. The Morgan fingerprint density at radius 3 is 2.62 bits per heavy atom. The first-order valence-electron chi connectivity index (χ1n) is 9.32. The molecule has 2 unspecified atom stereocenters. The van der Waals surface area contributed by atoms with Crippen LogP contribution in [0, 0.1) is 5.92 Å². The number of rotatable bonds is 9. The van der Waals surface area contributed by atoms with E-state index in [0.717, 1.165) is 38.7 Å². The van der Waals surface area contributed by atoms with E-state index < -0.39 is 0 Å². The summed E-state index contributed by atoms with van der Waals surface area (Å²) in [5, 5.41) is 6.82. The van der Waals surface area contributed by atoms with Crippen molar-refractivity contribution in [1.29, 1.82) is 0 Å². The molecule has 1 aliphatic heterocycles. The zero-order valence-electron chi connectivity index (χ0n) is 16.3. The normalized spacial score (nSPS) is 20.6. The van der Waals surface area contributed by atoms with Gasteiger partial charge in [-0.05, 0) is 45.6 Å². The molecule has 0 aliphatic carbocycles. The lowest BCUT2D eigenvalue weighted by molar-refractivity contribution is 0.108. The molecule has 1 heterocycles. The lowest BCUT2D eigenvalue weighted by atomic mass is 10.0. The molecule has 1 fully saturated rings. The molecule has 2 N–H and O–H groups in total. The van der Waals surface area contributed by atoms with Gasteiger partial charge in [0, 0.05) is 45.4 Å². The molecule has 24 heavy (non-hydrogen) atoms. The van der Waals surface area contributed by atoms with Crippen LogP contribution in [-0.2, 0) is 4.74 Å². The average molecular weight is 454 g/mol. The van der Waals surface area contributed by atoms with Crippen molar-refractivity contribution in [3.05, 3.63) is 0 Å². The van der Waals surface area contributed by atoms with Gasteiger partial charge in [-0.3, -0.25) is 9.89 Å². The van der Waals surface area contributed by atoms with E-state index in [-0.39, 0.29) is 24.0 Å². The summed E-state index contributed by atoms with van der Waals surface area (Å²) in [6, 6.07) is 1.24. The van der Waals surface area contributed by atoms with Crippen molar-refractivity contribution in [3.63, 3.8) is 0 Å². The Kier molecular flexibility index (Phi) is 14.1. The average Bonchev–Trinajstić information content (AvgIpc) is 2.53. The van der Waals surface area contributed by atoms with Gasteiger partial charge in [0.15, 0.2) is 5.96 Å². The molecule has 144 valence electrons. The van der Waals surface area contributed by atoms with Crippen molar-refractivity contribution < 1.29 is 4.74 Å². The fraction of sp³-hybridized carbons (Fsp3) is 0.944. The van der Waals surface area contributed by atoms with Crippen molar-refractivity contribution in [1.82, 2.24) is 15.5 Å². The van der Waals surface area contributed by atoms with Crippen LogP contribution in [0.25, 0.3) is 0 Å². The van der Waals surface area contributed by atoms with Crippen LogP contribution < -0.4 is 10.6 Å². The number of piperidine rings is 1. The van der Waals surface area contributed by atoms with E-state index in [9.17, 15) is 0 Å². The van der Waals surface area contributed by atoms with Crippen LogP contribution in [-0.4, -0.2) is 62.8 Å². The highest BCUT2D eigenvalue weighted by molar-refractivity contribution is 14.0. The van der Waals surface area contributed by atoms with E-state index in [2.05, 4.69) is 48.2 Å². The highest BCUT2D eigenvalue weighted by atomic mass is 127. The van der Waals surface area contributed by atoms with Gasteiger partial charge in [0.2, 0.25) is 0 Å². The summed E-state index contributed by atoms with van der Waals surface area (Å²) in [5.74, 6) is 1.50. The maximum atomic E-state index is 5.59. The smallest absolute Gasteiger partial charge is 0.191 e. The maximum Gasteiger partial charge on any atom is 0.191 e. The molecule has 1 rings (SSSR count). The molecular formula is C18H39IN4O. The van der Waals surface area contributed by atoms with E-state index >= 15 is 0 Å². The van der Waals surface area contributed by atoms with Crippen LogP contribution in [0.2, 0.25) is 0 Å². The number of likely N-dealkylation sites (tertiary alicyclic amines) is 1. The van der Waals surface area contributed by atoms with Crippen molar-refractivity contribution in [2.45, 2.75) is 65.5 Å². The lowest BCUT2D eigenvalue weighted by Crippen LogP contribution is -2.50. The van der Waals surface area contributed by atoms with E-state index in [4.69, 9.17) is 4.74 Å². The summed E-state index contributed by atoms with van der Waals surface area (Å²) in [6.07, 6.45) is 5.04. The first-order valence-corrected chi connectivity index (χ1v) is 9.32. The third-order valence-corrected chi connectivity index (χ3v) is 4.42. The number of guanidine groups is 1. The molecule has 0 saturated carbocycles. The number of hydrogen-bond acceptors (Lipinski definition) is 3. The van der Waals surface area contributed by atoms with E-state index in [1.165, 1.54) is 25.8 Å². The molecule has 0 spiro atoms. The summed E-state index contributed by atoms with van der Waals surface area (Å²) in [7, 11) is 1.83. The van der Waals surface area contributed by atoms with E-state index in [0.29, 0.717) is 18.0 Å². The van der Waals surface area contributed by atoms with Crippen LogP contribution in [0.1, 0.15) is 53.4 Å². The summed E-state index contributed by atoms with van der Waals surface area (Å²) < 4.78 is 5.59. The Bertz CT molecular complexity index is 339. The molecule has 0 amide bonds. The summed E-state index contributed by atoms with van der Waals surface area (Å²) >= 11 is 0. The van der Waals surface area contributed by atoms with Gasteiger partial charge in [-0.25, -0.2) is 0 Å². The molecule has 1 saturated heterocycles. The Morgan fingerprint density at radius 1 is 1.25 bits per heavy atom. The molecule has 0 bridgehead atoms. The SMILES string of the molecule is CN=C(NCCCOCC(C)C)NCC(C)N1CCCCC1C.I. The number of hydrogen-bond donors (Lipinski definition) is 2. The number of ether oxygens (including phenoxy) is 1. The van der Waals surface area contributed by atoms with Gasteiger partial charge >= 0.3 is 0 Å². The molecule has 6 heteroatoms. The summed E-state index contributed by atoms with van der Waals surface area (Å²) in [6.45, 7) is 13.7. The van der Waals surface area contributed by atoms with Gasteiger partial charge in [0.1, 0.15) is 0 Å². The van der Waals surface area contributed by atoms with Gasteiger partial charge in [-0.1, -0.05) is 20.3 Å². The largest absolute Gasteiger partial charge is 0.381 e. The Labute approximate surface area is 166 Å². The Balaban J connectivity index is 0.00000529. The van der Waals surface area contributed by atoms with Crippen molar-refractivity contribution in [3.8, 4) is 0 Å². The highest BCUT2D eigenvalue weighted by Crippen LogP contribution is 2.18. The minimum atomic E-state index is 0. The van der Waals surface area contributed by atoms with E-state index in [1.54, 1.807) is 0 Å². The second-order valence-corrected chi connectivity index (χ2v) is 7.13. The minimum Gasteiger partial charge on any atom is -0.381 e. The van der Waals surface area contributed by atoms with Gasteiger partial charge in [0.25, 0.3) is 0 Å². The van der Waals surface area contributed by atoms with Gasteiger partial charge in [-0.2, -0.15) is 0 Å². The predicted octanol–water partition coefficient (Wildman–Crippen LogP) is 3.10. The van der Waals surface area contributed by atoms with E-state index in [1.807, 2.05) is 7.05 Å². The van der Waals surface area contributed by atoms with Gasteiger partial charge in [-0.15, -0.1) is 24.0 Å². The van der Waals surface area contributed by atoms with Crippen LogP contribution in [0.4, 0.5) is 0 Å². The molecule has 0 radical (unpaired) electrons. The zero-order valence-corrected chi connectivity index (χ0v) is 18.6. The predicted molar refractivity (Wildman–Crippen MR) is 115 cm³/mol. The zero-order chi connectivity index (χ0) is 17.1. The van der Waals surface area contributed by atoms with Crippen LogP contribution in [0.5, 0.6) is 0 Å². The number of aliphatic imine (C=N–C) groups is 1. The third kappa shape index (κ3) is 10.0. The number of nitrogens with one attached hydrogen (secondary N) is 2. The number of halogens is 1. The van der Waals surface area contributed by atoms with Crippen molar-refractivity contribution >= 4 is 29.9 Å². The maximum absolute atomic E-state index is 5.59. The molecule has 2 atom stereocenters. The van der Waals surface area contributed by atoms with Crippen molar-refractivity contribution in [2.75, 3.05) is 39.9 Å². The molecule has 5 nitrogen and oxygen atoms in total. The Morgan fingerprint density at radius 2 is 2.00 bits per heavy atom. The minimum absolute atomic E-state index is 0. The second kappa shape index (κ2) is 14.1. The molecule has 0 aromatic rings. The van der Waals surface area contributed by atoms with Crippen LogP contribution in [0.3, 0.4) is 0 Å². The Hall–Kier alpha value is -0.0800. The highest BCUT2D eigenvalue weighted by Gasteiger charge is 2.22. The monoisotopic (exact) mass is 454 g/mol. The quantitative estimate of drug-likeness (QED) is 0.243. The molecule has 0 aromatic carbocycles. The second-order valence-electron chi connectivity index (χ2n) is 7.13. The fourth-order valence-electron chi connectivity index (χ4n) is 3.06. The fourth-order valence-corrected chi connectivity index (χ4v) is 3.06. The lowest BCUT2D eigenvalue weighted by Gasteiger charge is -2.38. The standard InChI is InChI=1S/C18H38N4O.HI/c1-15(2)14-23-12-8-10-20-18(19-5)21-13-17(4)22-11-7-6-9-16(22)3;/h15-17H,6-14H2,1-5H3,(H2,19,20,21);1H. The van der Waals surface area contributed by atoms with Gasteiger partial charge < -0.3 is 15.4 Å². The molecule has 1 aliphatic rings. The first kappa shape index (κ1) is 23.9. The van der Waals surface area contributed by atoms with Crippen LogP contribution in [0.15, 0.2) is 4.99 Å². The topological polar surface area (TPSA) is 48.9 Å². The molecular weight excluding hydrogens is 415 g/mol. The van der Waals surface area contributed by atoms with Gasteiger partial charge in [0.05, 0.1) is 0 Å². The molecule has 0 aromatic heterocycles. The summed E-state index contributed by atoms with van der Waals surface area (Å²) in [5.41, 5.74) is 0. The van der Waals surface area contributed by atoms with Crippen molar-refractivity contribution in [2.24, 2.45) is 10.9 Å². The summed E-state index contributed by atoms with van der Waals surface area (Å²) in [4.78, 5) is 6.92. The number of nitrogens with zero attached hydrogens (tertiary/aromatic N) is 2.